The van der Waals surface area contributed by atoms with E-state index in [0.717, 1.165) is 31.2 Å². The summed E-state index contributed by atoms with van der Waals surface area (Å²) in [6.07, 6.45) is 7.18. The van der Waals surface area contributed by atoms with Crippen molar-refractivity contribution in [2.45, 2.75) is 76.3 Å². The van der Waals surface area contributed by atoms with Crippen molar-refractivity contribution >= 4 is 29.4 Å². The fourth-order valence-corrected chi connectivity index (χ4v) is 5.40. The Morgan fingerprint density at radius 1 is 1.22 bits per heavy atom. The number of rotatable bonds is 9. The molecule has 3 aliphatic rings. The Balaban J connectivity index is 1.45. The lowest BCUT2D eigenvalue weighted by Crippen LogP contribution is -2.51. The molecule has 1 aromatic heterocycles. The summed E-state index contributed by atoms with van der Waals surface area (Å²) in [5.41, 5.74) is 0.918. The summed E-state index contributed by atoms with van der Waals surface area (Å²) < 4.78 is 10.9. The highest BCUT2D eigenvalue weighted by molar-refractivity contribution is 6.07. The second-order valence-electron chi connectivity index (χ2n) is 10.4. The predicted octanol–water partition coefficient (Wildman–Crippen LogP) is 3.04. The lowest BCUT2D eigenvalue weighted by atomic mass is 9.76. The molecule has 198 valence electrons. The minimum absolute atomic E-state index is 0.00669. The van der Waals surface area contributed by atoms with Crippen LogP contribution in [0.2, 0.25) is 0 Å². The van der Waals surface area contributed by atoms with Gasteiger partial charge in [0.1, 0.15) is 11.9 Å². The molecule has 0 saturated carbocycles. The number of aromatic nitrogens is 1. The van der Waals surface area contributed by atoms with Gasteiger partial charge in [0.25, 0.3) is 0 Å². The summed E-state index contributed by atoms with van der Waals surface area (Å²) in [7, 11) is 1.74. The zero-order valence-corrected chi connectivity index (χ0v) is 21.6. The van der Waals surface area contributed by atoms with Gasteiger partial charge in [-0.1, -0.05) is 26.7 Å². The number of likely N-dealkylation sites (N-methyl/N-ethyl adjacent to an activating group) is 1. The minimum atomic E-state index is -0.701. The van der Waals surface area contributed by atoms with E-state index < -0.39 is 11.5 Å². The van der Waals surface area contributed by atoms with Crippen LogP contribution in [0.1, 0.15) is 64.4 Å². The molecule has 3 aliphatic heterocycles. The van der Waals surface area contributed by atoms with E-state index in [1.54, 1.807) is 24.2 Å². The smallest absolute Gasteiger partial charge is 0.318 e. The van der Waals surface area contributed by atoms with Gasteiger partial charge in [0.2, 0.25) is 11.8 Å². The first-order chi connectivity index (χ1) is 17.3. The Morgan fingerprint density at radius 3 is 2.69 bits per heavy atom. The molecule has 1 unspecified atom stereocenters. The molecule has 0 bridgehead atoms. The van der Waals surface area contributed by atoms with Crippen LogP contribution in [0.25, 0.3) is 0 Å². The molecular formula is C26H39N5O5. The lowest BCUT2D eigenvalue weighted by Gasteiger charge is -2.31. The zero-order chi connectivity index (χ0) is 25.7. The van der Waals surface area contributed by atoms with Crippen LogP contribution in [-0.4, -0.2) is 73.3 Å². The topological polar surface area (TPSA) is 122 Å². The number of pyridine rings is 1. The fourth-order valence-electron chi connectivity index (χ4n) is 5.40. The normalized spacial score (nSPS) is 22.0. The molecule has 3 atom stereocenters. The standard InChI is InChI=1S/C26H39N5O5/c1-4-5-17(2)6-7-20(29-25(34)31(3)18-8-11-36-16-18)23(32)30-22-14-21-19(15-27-22)26(24(33)28-21)9-12-35-13-10-26/h14-15,17-18,20H,4-13,16H2,1-3H3,(H,28,33)(H,29,34)(H,27,30,32)/t17-,18?,20+/m1/s1. The summed E-state index contributed by atoms with van der Waals surface area (Å²) in [4.78, 5) is 45.1. The Labute approximate surface area is 212 Å². The maximum Gasteiger partial charge on any atom is 0.318 e. The maximum absolute atomic E-state index is 13.3. The molecule has 10 heteroatoms. The number of amides is 4. The molecule has 2 fully saturated rings. The predicted molar refractivity (Wildman–Crippen MR) is 136 cm³/mol. The Kier molecular flexibility index (Phi) is 8.46. The summed E-state index contributed by atoms with van der Waals surface area (Å²) in [5, 5.41) is 8.75. The number of hydrogen-bond acceptors (Lipinski definition) is 6. The highest BCUT2D eigenvalue weighted by Crippen LogP contribution is 2.44. The highest BCUT2D eigenvalue weighted by Gasteiger charge is 2.48. The van der Waals surface area contributed by atoms with E-state index in [1.165, 1.54) is 0 Å². The zero-order valence-electron chi connectivity index (χ0n) is 21.6. The third kappa shape index (κ3) is 5.64. The summed E-state index contributed by atoms with van der Waals surface area (Å²) in [5.74, 6) is 0.439. The first kappa shape index (κ1) is 26.3. The number of hydrogen-bond donors (Lipinski definition) is 3. The first-order valence-corrected chi connectivity index (χ1v) is 13.2. The van der Waals surface area contributed by atoms with Crippen LogP contribution in [-0.2, 0) is 24.5 Å². The van der Waals surface area contributed by atoms with Crippen molar-refractivity contribution in [3.05, 3.63) is 17.8 Å². The minimum Gasteiger partial charge on any atom is -0.381 e. The van der Waals surface area contributed by atoms with Crippen LogP contribution in [0.4, 0.5) is 16.3 Å². The second-order valence-corrected chi connectivity index (χ2v) is 10.4. The molecule has 1 aromatic rings. The summed E-state index contributed by atoms with van der Waals surface area (Å²) >= 11 is 0. The number of nitrogens with one attached hydrogen (secondary N) is 3. The van der Waals surface area contributed by atoms with Crippen LogP contribution >= 0.6 is 0 Å². The van der Waals surface area contributed by atoms with Gasteiger partial charge in [-0.3, -0.25) is 9.59 Å². The molecule has 4 amide bonds. The van der Waals surface area contributed by atoms with Crippen molar-refractivity contribution in [2.75, 3.05) is 44.1 Å². The third-order valence-electron chi connectivity index (χ3n) is 7.82. The van der Waals surface area contributed by atoms with Crippen molar-refractivity contribution in [2.24, 2.45) is 5.92 Å². The van der Waals surface area contributed by atoms with E-state index in [4.69, 9.17) is 9.47 Å². The number of carbonyl (C=O) groups excluding carboxylic acids is 3. The van der Waals surface area contributed by atoms with Gasteiger partial charge in [0.15, 0.2) is 0 Å². The largest absolute Gasteiger partial charge is 0.381 e. The van der Waals surface area contributed by atoms with Gasteiger partial charge in [-0.25, -0.2) is 9.78 Å². The molecule has 4 rings (SSSR count). The fraction of sp³-hybridized carbons (Fsp3) is 0.692. The number of urea groups is 1. The van der Waals surface area contributed by atoms with Crippen LogP contribution < -0.4 is 16.0 Å². The number of fused-ring (bicyclic) bond motifs is 2. The van der Waals surface area contributed by atoms with Gasteiger partial charge < -0.3 is 30.3 Å². The van der Waals surface area contributed by atoms with Gasteiger partial charge in [-0.05, 0) is 38.0 Å². The van der Waals surface area contributed by atoms with Gasteiger partial charge in [-0.2, -0.15) is 0 Å². The third-order valence-corrected chi connectivity index (χ3v) is 7.82. The van der Waals surface area contributed by atoms with E-state index >= 15 is 0 Å². The van der Waals surface area contributed by atoms with Gasteiger partial charge in [0.05, 0.1) is 23.8 Å². The molecule has 4 heterocycles. The summed E-state index contributed by atoms with van der Waals surface area (Å²) in [6, 6.07) is 0.723. The Morgan fingerprint density at radius 2 is 2.00 bits per heavy atom. The molecule has 0 aromatic carbocycles. The number of ether oxygens (including phenoxy) is 2. The number of nitrogens with zero attached hydrogens (tertiary/aromatic N) is 2. The first-order valence-electron chi connectivity index (χ1n) is 13.2. The Bertz CT molecular complexity index is 958. The van der Waals surface area contributed by atoms with E-state index in [-0.39, 0.29) is 23.9 Å². The van der Waals surface area contributed by atoms with Crippen LogP contribution in [0, 0.1) is 5.92 Å². The molecule has 10 nitrogen and oxygen atoms in total. The average Bonchev–Trinajstić information content (AvgIpc) is 3.49. The van der Waals surface area contributed by atoms with E-state index in [9.17, 15) is 14.4 Å². The van der Waals surface area contributed by atoms with Crippen LogP contribution in [0.5, 0.6) is 0 Å². The van der Waals surface area contributed by atoms with E-state index in [1.807, 2.05) is 0 Å². The van der Waals surface area contributed by atoms with Crippen LogP contribution in [0.15, 0.2) is 12.3 Å². The van der Waals surface area contributed by atoms with Crippen LogP contribution in [0.3, 0.4) is 0 Å². The van der Waals surface area contributed by atoms with Crippen molar-refractivity contribution in [3.8, 4) is 0 Å². The van der Waals surface area contributed by atoms with Gasteiger partial charge in [0, 0.05) is 44.7 Å². The molecule has 3 N–H and O–H groups in total. The molecule has 1 spiro atoms. The lowest BCUT2D eigenvalue weighted by molar-refractivity contribution is -0.124. The molecular weight excluding hydrogens is 462 g/mol. The van der Waals surface area contributed by atoms with Gasteiger partial charge in [-0.15, -0.1) is 0 Å². The molecule has 36 heavy (non-hydrogen) atoms. The van der Waals surface area contributed by atoms with E-state index in [0.29, 0.717) is 63.1 Å². The molecule has 2 saturated heterocycles. The van der Waals surface area contributed by atoms with Crippen molar-refractivity contribution < 1.29 is 23.9 Å². The SMILES string of the molecule is CCC[C@@H](C)CC[C@H](NC(=O)N(C)C1CCOC1)C(=O)Nc1cc2c(cn1)C1(CCOCC1)C(=O)N2. The summed E-state index contributed by atoms with van der Waals surface area (Å²) in [6.45, 7) is 6.51. The monoisotopic (exact) mass is 501 g/mol. The molecule has 0 radical (unpaired) electrons. The van der Waals surface area contributed by atoms with Crippen molar-refractivity contribution in [3.63, 3.8) is 0 Å². The maximum atomic E-state index is 13.3. The quantitative estimate of drug-likeness (QED) is 0.478. The van der Waals surface area contributed by atoms with Crippen molar-refractivity contribution in [1.29, 1.82) is 0 Å². The number of anilines is 2. The Hall–Kier alpha value is -2.72. The van der Waals surface area contributed by atoms with Gasteiger partial charge >= 0.3 is 6.03 Å². The average molecular weight is 502 g/mol. The highest BCUT2D eigenvalue weighted by atomic mass is 16.5. The molecule has 0 aliphatic carbocycles. The van der Waals surface area contributed by atoms with Crippen molar-refractivity contribution in [1.82, 2.24) is 15.2 Å². The van der Waals surface area contributed by atoms with E-state index in [2.05, 4.69) is 34.8 Å². The second kappa shape index (κ2) is 11.6. The number of carbonyl (C=O) groups is 3.